The Morgan fingerprint density at radius 1 is 1.50 bits per heavy atom. The van der Waals surface area contributed by atoms with Crippen LogP contribution in [0.5, 0.6) is 0 Å². The fourth-order valence-electron chi connectivity index (χ4n) is 1.50. The van der Waals surface area contributed by atoms with Crippen LogP contribution in [0.2, 0.25) is 0 Å². The van der Waals surface area contributed by atoms with E-state index in [0.29, 0.717) is 17.8 Å². The van der Waals surface area contributed by atoms with Gasteiger partial charge in [0.05, 0.1) is 11.5 Å². The molecule has 0 aliphatic heterocycles. The van der Waals surface area contributed by atoms with Gasteiger partial charge >= 0.3 is 0 Å². The van der Waals surface area contributed by atoms with Crippen molar-refractivity contribution in [1.29, 1.82) is 0 Å². The summed E-state index contributed by atoms with van der Waals surface area (Å²) in [4.78, 5) is 10.3. The van der Waals surface area contributed by atoms with E-state index in [-0.39, 0.29) is 12.3 Å². The van der Waals surface area contributed by atoms with Gasteiger partial charge in [-0.3, -0.25) is 10.1 Å². The molecule has 5 nitrogen and oxygen atoms in total. The average Bonchev–Trinajstić information content (AvgIpc) is 2.30. The number of nitrogens with zero attached hydrogens (tertiary/aromatic N) is 1. The van der Waals surface area contributed by atoms with Crippen molar-refractivity contribution in [2.24, 2.45) is 0 Å². The third-order valence-electron chi connectivity index (χ3n) is 2.18. The van der Waals surface area contributed by atoms with Crippen LogP contribution in [0.15, 0.2) is 18.2 Å². The van der Waals surface area contributed by atoms with Crippen molar-refractivity contribution in [3.05, 3.63) is 33.9 Å². The quantitative estimate of drug-likeness (QED) is 0.604. The van der Waals surface area contributed by atoms with Crippen LogP contribution in [0.4, 0.5) is 20.2 Å². The molecule has 0 amide bonds. The highest BCUT2D eigenvalue weighted by Gasteiger charge is 2.17. The summed E-state index contributed by atoms with van der Waals surface area (Å²) in [5.74, 6) is 0. The van der Waals surface area contributed by atoms with Crippen molar-refractivity contribution in [3.63, 3.8) is 0 Å². The third kappa shape index (κ3) is 3.92. The van der Waals surface area contributed by atoms with Gasteiger partial charge in [-0.2, -0.15) is 0 Å². The molecule has 0 atom stereocenters. The Hall–Kier alpha value is -1.76. The maximum Gasteiger partial charge on any atom is 0.292 e. The number of nitro groups is 1. The Kier molecular flexibility index (Phi) is 5.44. The second-order valence-electron chi connectivity index (χ2n) is 3.50. The molecule has 18 heavy (non-hydrogen) atoms. The standard InChI is InChI=1S/C11H14F2N2O3/c1-2-14-11-8(6-18-7-10(12)13)4-3-5-9(11)15(16)17/h3-5,10,14H,2,6-7H2,1H3. The van der Waals surface area contributed by atoms with E-state index in [9.17, 15) is 18.9 Å². The molecule has 0 bridgehead atoms. The topological polar surface area (TPSA) is 64.4 Å². The molecule has 100 valence electrons. The van der Waals surface area contributed by atoms with E-state index in [2.05, 4.69) is 5.32 Å². The molecule has 1 aromatic carbocycles. The predicted octanol–water partition coefficient (Wildman–Crippen LogP) is 2.81. The van der Waals surface area contributed by atoms with Crippen molar-refractivity contribution in [3.8, 4) is 0 Å². The highest BCUT2D eigenvalue weighted by molar-refractivity contribution is 5.66. The van der Waals surface area contributed by atoms with Crippen molar-refractivity contribution in [2.45, 2.75) is 20.0 Å². The van der Waals surface area contributed by atoms with Crippen molar-refractivity contribution < 1.29 is 18.4 Å². The Morgan fingerprint density at radius 3 is 2.78 bits per heavy atom. The van der Waals surface area contributed by atoms with Crippen LogP contribution in [0.25, 0.3) is 0 Å². The number of anilines is 1. The minimum absolute atomic E-state index is 0.0880. The number of benzene rings is 1. The lowest BCUT2D eigenvalue weighted by atomic mass is 10.1. The second-order valence-corrected chi connectivity index (χ2v) is 3.50. The number of hydrogen-bond acceptors (Lipinski definition) is 4. The molecule has 0 heterocycles. The lowest BCUT2D eigenvalue weighted by molar-refractivity contribution is -0.384. The summed E-state index contributed by atoms with van der Waals surface area (Å²) in [7, 11) is 0. The van der Waals surface area contributed by atoms with Crippen LogP contribution >= 0.6 is 0 Å². The molecule has 0 saturated heterocycles. The second kappa shape index (κ2) is 6.85. The summed E-state index contributed by atoms with van der Waals surface area (Å²) < 4.78 is 28.7. The van der Waals surface area contributed by atoms with Gasteiger partial charge in [0.25, 0.3) is 12.1 Å². The first kappa shape index (κ1) is 14.3. The summed E-state index contributed by atoms with van der Waals surface area (Å²) in [5.41, 5.74) is 0.723. The molecule has 1 N–H and O–H groups in total. The third-order valence-corrected chi connectivity index (χ3v) is 2.18. The number of halogens is 2. The maximum absolute atomic E-state index is 11.9. The number of ether oxygens (including phenoxy) is 1. The van der Waals surface area contributed by atoms with E-state index < -0.39 is 18.0 Å². The minimum atomic E-state index is -2.55. The zero-order valence-electron chi connectivity index (χ0n) is 9.86. The fraction of sp³-hybridized carbons (Fsp3) is 0.455. The zero-order chi connectivity index (χ0) is 13.5. The molecule has 0 aliphatic carbocycles. The lowest BCUT2D eigenvalue weighted by Gasteiger charge is -2.11. The summed E-state index contributed by atoms with van der Waals surface area (Å²) in [6.07, 6.45) is -2.55. The molecule has 0 aliphatic rings. The number of alkyl halides is 2. The van der Waals surface area contributed by atoms with Crippen molar-refractivity contribution >= 4 is 11.4 Å². The van der Waals surface area contributed by atoms with Crippen LogP contribution in [-0.4, -0.2) is 24.5 Å². The van der Waals surface area contributed by atoms with E-state index in [4.69, 9.17) is 4.74 Å². The van der Waals surface area contributed by atoms with Gasteiger partial charge in [-0.15, -0.1) is 0 Å². The Morgan fingerprint density at radius 2 is 2.22 bits per heavy atom. The van der Waals surface area contributed by atoms with Crippen LogP contribution in [0.1, 0.15) is 12.5 Å². The van der Waals surface area contributed by atoms with Crippen molar-refractivity contribution in [2.75, 3.05) is 18.5 Å². The van der Waals surface area contributed by atoms with E-state index in [0.717, 1.165) is 0 Å². The smallest absolute Gasteiger partial charge is 0.292 e. The van der Waals surface area contributed by atoms with Crippen LogP contribution in [-0.2, 0) is 11.3 Å². The molecular weight excluding hydrogens is 246 g/mol. The molecule has 0 aromatic heterocycles. The minimum Gasteiger partial charge on any atom is -0.379 e. The largest absolute Gasteiger partial charge is 0.379 e. The van der Waals surface area contributed by atoms with Gasteiger partial charge in [0.1, 0.15) is 12.3 Å². The Bertz CT molecular complexity index is 413. The molecule has 0 radical (unpaired) electrons. The highest BCUT2D eigenvalue weighted by atomic mass is 19.3. The summed E-state index contributed by atoms with van der Waals surface area (Å²) >= 11 is 0. The molecule has 1 aromatic rings. The van der Waals surface area contributed by atoms with Crippen LogP contribution in [0.3, 0.4) is 0 Å². The fourth-order valence-corrected chi connectivity index (χ4v) is 1.50. The highest BCUT2D eigenvalue weighted by Crippen LogP contribution is 2.28. The zero-order valence-corrected chi connectivity index (χ0v) is 9.86. The van der Waals surface area contributed by atoms with Crippen LogP contribution in [0, 0.1) is 10.1 Å². The molecule has 0 saturated carbocycles. The first-order valence-electron chi connectivity index (χ1n) is 5.42. The number of rotatable bonds is 7. The van der Waals surface area contributed by atoms with Gasteiger partial charge in [0.2, 0.25) is 0 Å². The molecule has 0 spiro atoms. The van der Waals surface area contributed by atoms with Gasteiger partial charge < -0.3 is 10.1 Å². The summed E-state index contributed by atoms with van der Waals surface area (Å²) in [6, 6.07) is 4.46. The molecule has 7 heteroatoms. The summed E-state index contributed by atoms with van der Waals surface area (Å²) in [6.45, 7) is 1.51. The first-order valence-corrected chi connectivity index (χ1v) is 5.42. The Labute approximate surface area is 103 Å². The Balaban J connectivity index is 2.88. The first-order chi connectivity index (χ1) is 8.56. The molecule has 0 unspecified atom stereocenters. The lowest BCUT2D eigenvalue weighted by Crippen LogP contribution is -2.08. The van der Waals surface area contributed by atoms with E-state index >= 15 is 0 Å². The van der Waals surface area contributed by atoms with E-state index in [1.807, 2.05) is 0 Å². The van der Waals surface area contributed by atoms with Crippen LogP contribution < -0.4 is 5.32 Å². The van der Waals surface area contributed by atoms with E-state index in [1.165, 1.54) is 12.1 Å². The van der Waals surface area contributed by atoms with Gasteiger partial charge in [0.15, 0.2) is 0 Å². The maximum atomic E-state index is 11.9. The number of hydrogen-bond donors (Lipinski definition) is 1. The normalized spacial score (nSPS) is 10.7. The monoisotopic (exact) mass is 260 g/mol. The molecule has 1 rings (SSSR count). The van der Waals surface area contributed by atoms with Gasteiger partial charge in [-0.05, 0) is 6.92 Å². The van der Waals surface area contributed by atoms with Crippen molar-refractivity contribution in [1.82, 2.24) is 0 Å². The number of nitro benzene ring substituents is 1. The molecule has 0 fully saturated rings. The van der Waals surface area contributed by atoms with Gasteiger partial charge in [-0.25, -0.2) is 8.78 Å². The van der Waals surface area contributed by atoms with Gasteiger partial charge in [0, 0.05) is 18.2 Å². The average molecular weight is 260 g/mol. The van der Waals surface area contributed by atoms with Gasteiger partial charge in [-0.1, -0.05) is 12.1 Å². The SMILES string of the molecule is CCNc1c(COCC(F)F)cccc1[N+](=O)[O-]. The predicted molar refractivity (Wildman–Crippen MR) is 62.9 cm³/mol. The number of para-hydroxylation sites is 1. The van der Waals surface area contributed by atoms with E-state index in [1.54, 1.807) is 13.0 Å². The summed E-state index contributed by atoms with van der Waals surface area (Å²) in [5, 5.41) is 13.7. The number of nitrogens with one attached hydrogen (secondary N) is 1. The molecular formula is C11H14F2N2O3.